The maximum atomic E-state index is 12.0. The number of carbonyl (C=O) groups excluding carboxylic acids is 1. The molecule has 1 amide bonds. The lowest BCUT2D eigenvalue weighted by Crippen LogP contribution is -2.36. The molecule has 1 aromatic carbocycles. The number of para-hydroxylation sites is 1. The quantitative estimate of drug-likeness (QED) is 0.841. The van der Waals surface area contributed by atoms with Crippen LogP contribution in [0.1, 0.15) is 45.6 Å². The molecule has 0 aromatic heterocycles. The van der Waals surface area contributed by atoms with Crippen LogP contribution in [0.5, 0.6) is 0 Å². The molecule has 0 aliphatic rings. The third-order valence-corrected chi connectivity index (χ3v) is 2.90. The molecule has 0 spiro atoms. The third kappa shape index (κ3) is 4.15. The summed E-state index contributed by atoms with van der Waals surface area (Å²) in [5, 5.41) is 2.93. The van der Waals surface area contributed by atoms with Crippen molar-refractivity contribution in [3.05, 3.63) is 29.8 Å². The fourth-order valence-corrected chi connectivity index (χ4v) is 1.95. The first-order valence-corrected chi connectivity index (χ1v) is 6.57. The molecule has 3 N–H and O–H groups in total. The van der Waals surface area contributed by atoms with Crippen molar-refractivity contribution >= 4 is 11.6 Å². The van der Waals surface area contributed by atoms with Crippen molar-refractivity contribution in [1.29, 1.82) is 0 Å². The van der Waals surface area contributed by atoms with Crippen LogP contribution < -0.4 is 11.1 Å². The van der Waals surface area contributed by atoms with Crippen LogP contribution in [0.25, 0.3) is 0 Å². The molecule has 1 aromatic rings. The molecule has 1 atom stereocenters. The van der Waals surface area contributed by atoms with E-state index in [0.29, 0.717) is 18.3 Å². The fraction of sp³-hybridized carbons (Fsp3) is 0.533. The minimum atomic E-state index is -0.440. The molecular formula is C15H24N2O. The van der Waals surface area contributed by atoms with E-state index in [1.54, 1.807) is 0 Å². The Morgan fingerprint density at radius 3 is 2.39 bits per heavy atom. The van der Waals surface area contributed by atoms with E-state index >= 15 is 0 Å². The molecule has 0 aliphatic heterocycles. The zero-order chi connectivity index (χ0) is 13.7. The van der Waals surface area contributed by atoms with E-state index in [0.717, 1.165) is 11.3 Å². The van der Waals surface area contributed by atoms with E-state index < -0.39 is 6.04 Å². The average molecular weight is 248 g/mol. The van der Waals surface area contributed by atoms with Gasteiger partial charge in [-0.2, -0.15) is 0 Å². The lowest BCUT2D eigenvalue weighted by molar-refractivity contribution is -0.117. The first-order chi connectivity index (χ1) is 8.41. The molecule has 3 heteroatoms. The van der Waals surface area contributed by atoms with Gasteiger partial charge in [0.2, 0.25) is 5.91 Å². The van der Waals surface area contributed by atoms with Crippen molar-refractivity contribution in [1.82, 2.24) is 0 Å². The van der Waals surface area contributed by atoms with Gasteiger partial charge in [0, 0.05) is 5.69 Å². The Morgan fingerprint density at radius 1 is 1.22 bits per heavy atom. The second kappa shape index (κ2) is 6.55. The summed E-state index contributed by atoms with van der Waals surface area (Å²) < 4.78 is 0. The molecule has 0 radical (unpaired) electrons. The van der Waals surface area contributed by atoms with E-state index in [4.69, 9.17) is 5.73 Å². The van der Waals surface area contributed by atoms with Crippen LogP contribution in [0.15, 0.2) is 24.3 Å². The number of amides is 1. The number of hydrogen-bond acceptors (Lipinski definition) is 2. The van der Waals surface area contributed by atoms with Crippen molar-refractivity contribution in [2.75, 3.05) is 5.32 Å². The summed E-state index contributed by atoms with van der Waals surface area (Å²) in [5.41, 5.74) is 7.89. The van der Waals surface area contributed by atoms with Gasteiger partial charge in [0.05, 0.1) is 6.04 Å². The van der Waals surface area contributed by atoms with Gasteiger partial charge < -0.3 is 11.1 Å². The predicted molar refractivity (Wildman–Crippen MR) is 76.6 cm³/mol. The summed E-state index contributed by atoms with van der Waals surface area (Å²) >= 11 is 0. The van der Waals surface area contributed by atoms with E-state index in [2.05, 4.69) is 33.0 Å². The molecular weight excluding hydrogens is 224 g/mol. The Hall–Kier alpha value is -1.35. The first kappa shape index (κ1) is 14.7. The van der Waals surface area contributed by atoms with Gasteiger partial charge in [-0.05, 0) is 29.9 Å². The van der Waals surface area contributed by atoms with Crippen molar-refractivity contribution in [3.8, 4) is 0 Å². The molecule has 0 unspecified atom stereocenters. The molecule has 0 saturated heterocycles. The van der Waals surface area contributed by atoms with E-state index in [1.165, 1.54) is 0 Å². The fourth-order valence-electron chi connectivity index (χ4n) is 1.95. The smallest absolute Gasteiger partial charge is 0.241 e. The van der Waals surface area contributed by atoms with Gasteiger partial charge >= 0.3 is 0 Å². The second-order valence-electron chi connectivity index (χ2n) is 5.47. The maximum Gasteiger partial charge on any atom is 0.241 e. The van der Waals surface area contributed by atoms with Gasteiger partial charge in [-0.15, -0.1) is 0 Å². The van der Waals surface area contributed by atoms with Gasteiger partial charge in [-0.3, -0.25) is 4.79 Å². The maximum absolute atomic E-state index is 12.0. The van der Waals surface area contributed by atoms with Gasteiger partial charge in [0.25, 0.3) is 0 Å². The van der Waals surface area contributed by atoms with Crippen LogP contribution in [0.3, 0.4) is 0 Å². The zero-order valence-corrected chi connectivity index (χ0v) is 11.7. The number of hydrogen-bond donors (Lipinski definition) is 2. The Morgan fingerprint density at radius 2 is 1.83 bits per heavy atom. The van der Waals surface area contributed by atoms with Gasteiger partial charge in [0.15, 0.2) is 0 Å². The number of anilines is 1. The van der Waals surface area contributed by atoms with Crippen LogP contribution in [0.4, 0.5) is 5.69 Å². The Labute approximate surface area is 110 Å². The third-order valence-electron chi connectivity index (χ3n) is 2.90. The SMILES string of the molecule is CC(C)C[C@@H](N)C(=O)Nc1ccccc1C(C)C. The summed E-state index contributed by atoms with van der Waals surface area (Å²) in [7, 11) is 0. The largest absolute Gasteiger partial charge is 0.324 e. The van der Waals surface area contributed by atoms with Crippen molar-refractivity contribution in [2.45, 2.75) is 46.1 Å². The van der Waals surface area contributed by atoms with Crippen LogP contribution in [0.2, 0.25) is 0 Å². The van der Waals surface area contributed by atoms with Crippen LogP contribution in [-0.4, -0.2) is 11.9 Å². The van der Waals surface area contributed by atoms with Crippen molar-refractivity contribution in [2.24, 2.45) is 11.7 Å². The molecule has 18 heavy (non-hydrogen) atoms. The first-order valence-electron chi connectivity index (χ1n) is 6.57. The summed E-state index contributed by atoms with van der Waals surface area (Å²) in [5.74, 6) is 0.700. The molecule has 3 nitrogen and oxygen atoms in total. The molecule has 0 aliphatic carbocycles. The zero-order valence-electron chi connectivity index (χ0n) is 11.7. The number of rotatable bonds is 5. The Kier molecular flexibility index (Phi) is 5.35. The topological polar surface area (TPSA) is 55.1 Å². The Balaban J connectivity index is 2.75. The summed E-state index contributed by atoms with van der Waals surface area (Å²) in [4.78, 5) is 12.0. The van der Waals surface area contributed by atoms with E-state index in [1.807, 2.05) is 24.3 Å². The monoisotopic (exact) mass is 248 g/mol. The van der Waals surface area contributed by atoms with Gasteiger partial charge in [-0.25, -0.2) is 0 Å². The van der Waals surface area contributed by atoms with Gasteiger partial charge in [0.1, 0.15) is 0 Å². The summed E-state index contributed by atoms with van der Waals surface area (Å²) in [6.45, 7) is 8.35. The van der Waals surface area contributed by atoms with Crippen LogP contribution >= 0.6 is 0 Å². The van der Waals surface area contributed by atoms with Crippen molar-refractivity contribution in [3.63, 3.8) is 0 Å². The van der Waals surface area contributed by atoms with Crippen LogP contribution in [0, 0.1) is 5.92 Å². The standard InChI is InChI=1S/C15H24N2O/c1-10(2)9-13(16)15(18)17-14-8-6-5-7-12(14)11(3)4/h5-8,10-11,13H,9,16H2,1-4H3,(H,17,18)/t13-/m1/s1. The molecule has 0 saturated carbocycles. The highest BCUT2D eigenvalue weighted by Gasteiger charge is 2.16. The predicted octanol–water partition coefficient (Wildman–Crippen LogP) is 3.12. The average Bonchev–Trinajstić information content (AvgIpc) is 2.28. The number of carbonyl (C=O) groups is 1. The Bertz CT molecular complexity index is 399. The number of nitrogens with two attached hydrogens (primary N) is 1. The second-order valence-corrected chi connectivity index (χ2v) is 5.47. The summed E-state index contributed by atoms with van der Waals surface area (Å²) in [6.07, 6.45) is 0.704. The van der Waals surface area contributed by atoms with Crippen LogP contribution in [-0.2, 0) is 4.79 Å². The summed E-state index contributed by atoms with van der Waals surface area (Å²) in [6, 6.07) is 7.43. The molecule has 0 bridgehead atoms. The highest BCUT2D eigenvalue weighted by molar-refractivity contribution is 5.95. The van der Waals surface area contributed by atoms with E-state index in [-0.39, 0.29) is 5.91 Å². The molecule has 100 valence electrons. The molecule has 0 heterocycles. The lowest BCUT2D eigenvalue weighted by atomic mass is 10.00. The molecule has 0 fully saturated rings. The number of nitrogens with one attached hydrogen (secondary N) is 1. The lowest BCUT2D eigenvalue weighted by Gasteiger charge is -2.17. The highest BCUT2D eigenvalue weighted by Crippen LogP contribution is 2.23. The normalized spacial score (nSPS) is 12.8. The van der Waals surface area contributed by atoms with Crippen molar-refractivity contribution < 1.29 is 4.79 Å². The molecule has 1 rings (SSSR count). The highest BCUT2D eigenvalue weighted by atomic mass is 16.2. The number of benzene rings is 1. The minimum Gasteiger partial charge on any atom is -0.324 e. The minimum absolute atomic E-state index is 0.100. The van der Waals surface area contributed by atoms with Gasteiger partial charge in [-0.1, -0.05) is 45.9 Å². The van der Waals surface area contributed by atoms with E-state index in [9.17, 15) is 4.79 Å².